The predicted molar refractivity (Wildman–Crippen MR) is 77.7 cm³/mol. The van der Waals surface area contributed by atoms with Crippen LogP contribution in [0.4, 0.5) is 0 Å². The summed E-state index contributed by atoms with van der Waals surface area (Å²) >= 11 is 0. The number of aryl methyl sites for hydroxylation is 1. The summed E-state index contributed by atoms with van der Waals surface area (Å²) in [5.41, 5.74) is 2.26. The van der Waals surface area contributed by atoms with Crippen LogP contribution in [0.25, 0.3) is 0 Å². The summed E-state index contributed by atoms with van der Waals surface area (Å²) in [6, 6.07) is 6.84. The lowest BCUT2D eigenvalue weighted by Crippen LogP contribution is -2.39. The molecular weight excluding hydrogens is 222 g/mol. The van der Waals surface area contributed by atoms with Crippen LogP contribution in [0.15, 0.2) is 18.2 Å². The minimum Gasteiger partial charge on any atom is -0.315 e. The average molecular weight is 249 g/mol. The van der Waals surface area contributed by atoms with Crippen LogP contribution in [0.3, 0.4) is 0 Å². The van der Waals surface area contributed by atoms with Gasteiger partial charge in [-0.2, -0.15) is 0 Å². The normalized spacial score (nSPS) is 12.9. The van der Waals surface area contributed by atoms with Gasteiger partial charge < -0.3 is 5.32 Å². The molecule has 0 bridgehead atoms. The Kier molecular flexibility index (Phi) is 6.91. The van der Waals surface area contributed by atoms with Gasteiger partial charge in [0.15, 0.2) is 0 Å². The summed E-state index contributed by atoms with van der Waals surface area (Å²) in [4.78, 5) is 6.98. The van der Waals surface area contributed by atoms with Crippen molar-refractivity contribution in [1.82, 2.24) is 15.2 Å². The van der Waals surface area contributed by atoms with E-state index in [1.165, 1.54) is 12.8 Å². The average Bonchev–Trinajstić information content (AvgIpc) is 2.34. The number of likely N-dealkylation sites (N-methyl/N-ethyl adjacent to an activating group) is 2. The van der Waals surface area contributed by atoms with Gasteiger partial charge in [-0.1, -0.05) is 26.3 Å². The fourth-order valence-electron chi connectivity index (χ4n) is 2.19. The van der Waals surface area contributed by atoms with Gasteiger partial charge in [-0.15, -0.1) is 0 Å². The van der Waals surface area contributed by atoms with Crippen molar-refractivity contribution in [2.24, 2.45) is 0 Å². The zero-order valence-electron chi connectivity index (χ0n) is 12.2. The van der Waals surface area contributed by atoms with Crippen molar-refractivity contribution in [3.8, 4) is 0 Å². The van der Waals surface area contributed by atoms with Gasteiger partial charge in [-0.25, -0.2) is 0 Å². The Hall–Kier alpha value is -0.930. The van der Waals surface area contributed by atoms with E-state index in [2.05, 4.69) is 48.2 Å². The van der Waals surface area contributed by atoms with Crippen molar-refractivity contribution in [1.29, 1.82) is 0 Å². The molecule has 3 heteroatoms. The van der Waals surface area contributed by atoms with Gasteiger partial charge >= 0.3 is 0 Å². The van der Waals surface area contributed by atoms with Crippen LogP contribution < -0.4 is 5.32 Å². The lowest BCUT2D eigenvalue weighted by atomic mass is 10.1. The van der Waals surface area contributed by atoms with Crippen molar-refractivity contribution in [3.63, 3.8) is 0 Å². The van der Waals surface area contributed by atoms with Crippen LogP contribution in [0.1, 0.15) is 38.1 Å². The summed E-state index contributed by atoms with van der Waals surface area (Å²) in [7, 11) is 2.20. The quantitative estimate of drug-likeness (QED) is 0.767. The minimum atomic E-state index is 0.595. The topological polar surface area (TPSA) is 28.2 Å². The number of hydrogen-bond donors (Lipinski definition) is 1. The summed E-state index contributed by atoms with van der Waals surface area (Å²) in [5, 5.41) is 3.45. The van der Waals surface area contributed by atoms with Crippen LogP contribution >= 0.6 is 0 Å². The van der Waals surface area contributed by atoms with E-state index in [1.807, 2.05) is 13.0 Å². The van der Waals surface area contributed by atoms with Crippen molar-refractivity contribution < 1.29 is 0 Å². The van der Waals surface area contributed by atoms with Gasteiger partial charge in [0.25, 0.3) is 0 Å². The molecule has 1 aromatic heterocycles. The third-order valence-electron chi connectivity index (χ3n) is 3.23. The molecule has 18 heavy (non-hydrogen) atoms. The summed E-state index contributed by atoms with van der Waals surface area (Å²) in [6.45, 7) is 9.48. The van der Waals surface area contributed by atoms with Gasteiger partial charge in [0.2, 0.25) is 0 Å². The number of hydrogen-bond acceptors (Lipinski definition) is 3. The third-order valence-corrected chi connectivity index (χ3v) is 3.23. The van der Waals surface area contributed by atoms with E-state index in [4.69, 9.17) is 0 Å². The molecule has 0 saturated carbocycles. The molecule has 0 saturated heterocycles. The van der Waals surface area contributed by atoms with Crippen molar-refractivity contribution >= 4 is 0 Å². The van der Waals surface area contributed by atoms with Crippen molar-refractivity contribution in [3.05, 3.63) is 29.6 Å². The van der Waals surface area contributed by atoms with Crippen LogP contribution in [0.2, 0.25) is 0 Å². The molecule has 102 valence electrons. The zero-order chi connectivity index (χ0) is 13.4. The SMILES string of the molecule is CCCC(CNCC)N(C)Cc1cccc(C)n1. The largest absolute Gasteiger partial charge is 0.315 e. The first kappa shape index (κ1) is 15.1. The molecule has 1 aromatic rings. The highest BCUT2D eigenvalue weighted by atomic mass is 15.2. The van der Waals surface area contributed by atoms with Crippen LogP contribution in [0, 0.1) is 6.92 Å². The third kappa shape index (κ3) is 5.15. The molecule has 0 aliphatic carbocycles. The molecule has 3 nitrogen and oxygen atoms in total. The summed E-state index contributed by atoms with van der Waals surface area (Å²) in [6.07, 6.45) is 2.46. The number of pyridine rings is 1. The molecule has 0 spiro atoms. The molecule has 1 rings (SSSR count). The van der Waals surface area contributed by atoms with Gasteiger partial charge in [-0.05, 0) is 39.1 Å². The summed E-state index contributed by atoms with van der Waals surface area (Å²) < 4.78 is 0. The Bertz CT molecular complexity index is 338. The Labute approximate surface area is 112 Å². The van der Waals surface area contributed by atoms with Crippen LogP contribution in [-0.2, 0) is 6.54 Å². The molecule has 0 amide bonds. The summed E-state index contributed by atoms with van der Waals surface area (Å²) in [5.74, 6) is 0. The maximum absolute atomic E-state index is 4.57. The van der Waals surface area contributed by atoms with Crippen LogP contribution in [-0.4, -0.2) is 36.1 Å². The van der Waals surface area contributed by atoms with E-state index in [9.17, 15) is 0 Å². The maximum Gasteiger partial charge on any atom is 0.0547 e. The van der Waals surface area contributed by atoms with E-state index in [0.29, 0.717) is 6.04 Å². The standard InChI is InChI=1S/C15H27N3/c1-5-8-15(11-16-6-2)18(4)12-14-10-7-9-13(3)17-14/h7,9-10,15-16H,5-6,8,11-12H2,1-4H3. The molecule has 1 N–H and O–H groups in total. The van der Waals surface area contributed by atoms with E-state index >= 15 is 0 Å². The van der Waals surface area contributed by atoms with E-state index in [-0.39, 0.29) is 0 Å². The molecule has 0 fully saturated rings. The van der Waals surface area contributed by atoms with E-state index < -0.39 is 0 Å². The molecule has 1 atom stereocenters. The van der Waals surface area contributed by atoms with Gasteiger partial charge in [0.05, 0.1) is 5.69 Å². The first-order chi connectivity index (χ1) is 8.67. The molecule has 0 aromatic carbocycles. The Morgan fingerprint density at radius 1 is 1.33 bits per heavy atom. The lowest BCUT2D eigenvalue weighted by molar-refractivity contribution is 0.213. The van der Waals surface area contributed by atoms with E-state index in [0.717, 1.165) is 31.0 Å². The number of nitrogens with zero attached hydrogens (tertiary/aromatic N) is 2. The van der Waals surface area contributed by atoms with Gasteiger partial charge in [0, 0.05) is 24.8 Å². The molecule has 0 radical (unpaired) electrons. The minimum absolute atomic E-state index is 0.595. The number of rotatable bonds is 8. The second kappa shape index (κ2) is 8.22. The Morgan fingerprint density at radius 2 is 2.11 bits per heavy atom. The van der Waals surface area contributed by atoms with Crippen LogP contribution in [0.5, 0.6) is 0 Å². The fourth-order valence-corrected chi connectivity index (χ4v) is 2.19. The smallest absolute Gasteiger partial charge is 0.0547 e. The fraction of sp³-hybridized carbons (Fsp3) is 0.667. The number of aromatic nitrogens is 1. The molecule has 0 aliphatic rings. The highest BCUT2D eigenvalue weighted by Gasteiger charge is 2.13. The molecule has 1 unspecified atom stereocenters. The van der Waals surface area contributed by atoms with Gasteiger partial charge in [-0.3, -0.25) is 9.88 Å². The molecule has 0 aliphatic heterocycles. The lowest BCUT2D eigenvalue weighted by Gasteiger charge is -2.28. The monoisotopic (exact) mass is 249 g/mol. The zero-order valence-corrected chi connectivity index (χ0v) is 12.2. The first-order valence-corrected chi connectivity index (χ1v) is 7.00. The predicted octanol–water partition coefficient (Wildman–Crippen LogP) is 2.60. The highest BCUT2D eigenvalue weighted by Crippen LogP contribution is 2.09. The molecular formula is C15H27N3. The van der Waals surface area contributed by atoms with E-state index in [1.54, 1.807) is 0 Å². The Balaban J connectivity index is 2.56. The number of nitrogens with one attached hydrogen (secondary N) is 1. The Morgan fingerprint density at radius 3 is 2.72 bits per heavy atom. The molecule has 1 heterocycles. The first-order valence-electron chi connectivity index (χ1n) is 7.00. The maximum atomic E-state index is 4.57. The van der Waals surface area contributed by atoms with Crippen molar-refractivity contribution in [2.45, 2.75) is 46.2 Å². The highest BCUT2D eigenvalue weighted by molar-refractivity contribution is 5.09. The van der Waals surface area contributed by atoms with Crippen molar-refractivity contribution in [2.75, 3.05) is 20.1 Å². The second-order valence-electron chi connectivity index (χ2n) is 4.94. The second-order valence-corrected chi connectivity index (χ2v) is 4.94. The van der Waals surface area contributed by atoms with Gasteiger partial charge in [0.1, 0.15) is 0 Å².